The number of halogens is 2. The molecule has 0 atom stereocenters. The van der Waals surface area contributed by atoms with E-state index in [-0.39, 0.29) is 44.2 Å². The zero-order valence-electron chi connectivity index (χ0n) is 16.4. The third-order valence-corrected chi connectivity index (χ3v) is 6.92. The first-order valence-corrected chi connectivity index (χ1v) is 10.6. The Kier molecular flexibility index (Phi) is 6.21. The Morgan fingerprint density at radius 3 is 2.37 bits per heavy atom. The summed E-state index contributed by atoms with van der Waals surface area (Å²) in [5, 5.41) is 11.7. The largest absolute Gasteiger partial charge is 0.444 e. The number of rotatable bonds is 5. The van der Waals surface area contributed by atoms with E-state index in [2.05, 4.69) is 5.32 Å². The van der Waals surface area contributed by atoms with E-state index in [4.69, 9.17) is 4.42 Å². The number of piperazine rings is 1. The number of hydrogen-bond acceptors (Lipinski definition) is 6. The fourth-order valence-corrected chi connectivity index (χ4v) is 4.74. The van der Waals surface area contributed by atoms with E-state index in [1.54, 1.807) is 18.7 Å². The van der Waals surface area contributed by atoms with Gasteiger partial charge in [0.1, 0.15) is 29.0 Å². The van der Waals surface area contributed by atoms with Crippen LogP contribution in [0.25, 0.3) is 0 Å². The van der Waals surface area contributed by atoms with Crippen LogP contribution in [0.5, 0.6) is 0 Å². The smallest absolute Gasteiger partial charge is 0.249 e. The summed E-state index contributed by atoms with van der Waals surface area (Å²) in [5.74, 6) is -2.10. The quantitative estimate of drug-likeness (QED) is 0.765. The number of amides is 1. The molecule has 1 aliphatic heterocycles. The zero-order valence-corrected chi connectivity index (χ0v) is 17.2. The number of furan rings is 1. The van der Waals surface area contributed by atoms with Crippen molar-refractivity contribution in [3.8, 4) is 6.07 Å². The molecular formula is C19H20F2N4O4S. The maximum absolute atomic E-state index is 13.9. The fourth-order valence-electron chi connectivity index (χ4n) is 3.20. The van der Waals surface area contributed by atoms with E-state index in [0.717, 1.165) is 22.5 Å². The lowest BCUT2D eigenvalue weighted by Crippen LogP contribution is -2.50. The van der Waals surface area contributed by atoms with Crippen molar-refractivity contribution in [2.75, 3.05) is 38.0 Å². The van der Waals surface area contributed by atoms with Crippen molar-refractivity contribution in [2.45, 2.75) is 18.7 Å². The monoisotopic (exact) mass is 438 g/mol. The maximum atomic E-state index is 13.9. The molecule has 11 heteroatoms. The van der Waals surface area contributed by atoms with Crippen molar-refractivity contribution >= 4 is 21.8 Å². The zero-order chi connectivity index (χ0) is 22.1. The minimum atomic E-state index is -4.33. The molecule has 1 amide bonds. The van der Waals surface area contributed by atoms with E-state index >= 15 is 0 Å². The van der Waals surface area contributed by atoms with Gasteiger partial charge in [-0.25, -0.2) is 17.2 Å². The summed E-state index contributed by atoms with van der Waals surface area (Å²) >= 11 is 0. The van der Waals surface area contributed by atoms with Crippen molar-refractivity contribution < 1.29 is 26.4 Å². The van der Waals surface area contributed by atoms with Gasteiger partial charge in [0.05, 0.1) is 6.54 Å². The molecule has 0 aliphatic carbocycles. The molecule has 1 N–H and O–H groups in total. The lowest BCUT2D eigenvalue weighted by molar-refractivity contribution is -0.117. The minimum Gasteiger partial charge on any atom is -0.444 e. The van der Waals surface area contributed by atoms with E-state index in [1.807, 2.05) is 6.07 Å². The summed E-state index contributed by atoms with van der Waals surface area (Å²) in [7, 11) is -4.33. The predicted octanol–water partition coefficient (Wildman–Crippen LogP) is 1.99. The molecular weight excluding hydrogens is 418 g/mol. The first-order chi connectivity index (χ1) is 14.1. The van der Waals surface area contributed by atoms with Crippen LogP contribution >= 0.6 is 0 Å². The highest BCUT2D eigenvalue weighted by molar-refractivity contribution is 7.89. The molecule has 0 spiro atoms. The van der Waals surface area contributed by atoms with Crippen LogP contribution in [-0.4, -0.2) is 56.3 Å². The number of nitrogens with zero attached hydrogens (tertiary/aromatic N) is 3. The number of nitriles is 1. The highest BCUT2D eigenvalue weighted by atomic mass is 32.2. The van der Waals surface area contributed by atoms with Crippen molar-refractivity contribution in [3.05, 3.63) is 46.7 Å². The van der Waals surface area contributed by atoms with Crippen LogP contribution in [-0.2, 0) is 14.8 Å². The van der Waals surface area contributed by atoms with Crippen LogP contribution in [0.3, 0.4) is 0 Å². The highest BCUT2D eigenvalue weighted by Crippen LogP contribution is 2.26. The summed E-state index contributed by atoms with van der Waals surface area (Å²) in [6.45, 7) is 3.70. The normalized spacial score (nSPS) is 15.7. The van der Waals surface area contributed by atoms with Crippen molar-refractivity contribution in [1.82, 2.24) is 9.21 Å². The van der Waals surface area contributed by atoms with Crippen LogP contribution in [0.15, 0.2) is 27.5 Å². The highest BCUT2D eigenvalue weighted by Gasteiger charge is 2.33. The van der Waals surface area contributed by atoms with Crippen LogP contribution < -0.4 is 5.32 Å². The third kappa shape index (κ3) is 4.21. The fraction of sp³-hybridized carbons (Fsp3) is 0.368. The molecule has 30 heavy (non-hydrogen) atoms. The minimum absolute atomic E-state index is 0.0220. The van der Waals surface area contributed by atoms with Gasteiger partial charge in [0, 0.05) is 31.7 Å². The number of nitrogens with one attached hydrogen (secondary N) is 1. The Bertz CT molecular complexity index is 1100. The van der Waals surface area contributed by atoms with Crippen LogP contribution in [0.1, 0.15) is 16.9 Å². The molecule has 0 bridgehead atoms. The summed E-state index contributed by atoms with van der Waals surface area (Å²) < 4.78 is 59.4. The van der Waals surface area contributed by atoms with E-state index < -0.39 is 32.5 Å². The molecule has 0 saturated carbocycles. The second-order valence-corrected chi connectivity index (χ2v) is 8.75. The van der Waals surface area contributed by atoms with Gasteiger partial charge in [0.15, 0.2) is 4.90 Å². The van der Waals surface area contributed by atoms with Gasteiger partial charge in [-0.05, 0) is 26.0 Å². The van der Waals surface area contributed by atoms with Crippen molar-refractivity contribution in [1.29, 1.82) is 5.26 Å². The molecule has 3 rings (SSSR count). The topological polar surface area (TPSA) is 107 Å². The standard InChI is InChI=1S/C19H20F2N4O4S/c1-12-13(2)29-19(14(12)10-22)23-17(26)11-24-6-8-25(9-7-24)30(27,28)18-15(20)4-3-5-16(18)21/h3-5H,6-9,11H2,1-2H3,(H,23,26). The average molecular weight is 438 g/mol. The molecule has 2 aromatic rings. The summed E-state index contributed by atoms with van der Waals surface area (Å²) in [4.78, 5) is 13.0. The summed E-state index contributed by atoms with van der Waals surface area (Å²) in [6, 6.07) is 4.87. The van der Waals surface area contributed by atoms with Gasteiger partial charge in [-0.1, -0.05) is 6.07 Å². The van der Waals surface area contributed by atoms with Crippen LogP contribution in [0.4, 0.5) is 14.7 Å². The van der Waals surface area contributed by atoms with Crippen molar-refractivity contribution in [2.24, 2.45) is 0 Å². The van der Waals surface area contributed by atoms with Gasteiger partial charge in [-0.2, -0.15) is 9.57 Å². The molecule has 160 valence electrons. The summed E-state index contributed by atoms with van der Waals surface area (Å²) in [6.07, 6.45) is 0. The molecule has 0 radical (unpaired) electrons. The third-order valence-electron chi connectivity index (χ3n) is 4.97. The summed E-state index contributed by atoms with van der Waals surface area (Å²) in [5.41, 5.74) is 0.899. The Morgan fingerprint density at radius 1 is 1.20 bits per heavy atom. The lowest BCUT2D eigenvalue weighted by Gasteiger charge is -2.33. The van der Waals surface area contributed by atoms with E-state index in [0.29, 0.717) is 11.3 Å². The number of anilines is 1. The maximum Gasteiger partial charge on any atom is 0.249 e. The Hall–Kier alpha value is -2.81. The molecule has 1 saturated heterocycles. The van der Waals surface area contributed by atoms with Gasteiger partial charge in [0.2, 0.25) is 21.8 Å². The Labute approximate surface area is 172 Å². The van der Waals surface area contributed by atoms with E-state index in [9.17, 15) is 27.3 Å². The Balaban J connectivity index is 1.62. The molecule has 2 heterocycles. The van der Waals surface area contributed by atoms with Gasteiger partial charge >= 0.3 is 0 Å². The molecule has 8 nitrogen and oxygen atoms in total. The molecule has 1 fully saturated rings. The van der Waals surface area contributed by atoms with Gasteiger partial charge < -0.3 is 4.42 Å². The Morgan fingerprint density at radius 2 is 1.80 bits per heavy atom. The number of hydrogen-bond donors (Lipinski definition) is 1. The van der Waals surface area contributed by atoms with Crippen LogP contribution in [0, 0.1) is 36.8 Å². The van der Waals surface area contributed by atoms with Gasteiger partial charge in [-0.3, -0.25) is 15.0 Å². The van der Waals surface area contributed by atoms with E-state index in [1.165, 1.54) is 0 Å². The van der Waals surface area contributed by atoms with Crippen LogP contribution in [0.2, 0.25) is 0 Å². The molecule has 1 aromatic carbocycles. The van der Waals surface area contributed by atoms with Gasteiger partial charge in [-0.15, -0.1) is 0 Å². The number of benzene rings is 1. The molecule has 0 unspecified atom stereocenters. The number of carbonyl (C=O) groups is 1. The predicted molar refractivity (Wildman–Crippen MR) is 103 cm³/mol. The number of sulfonamides is 1. The second-order valence-electron chi connectivity index (χ2n) is 6.88. The number of aryl methyl sites for hydroxylation is 1. The molecule has 1 aromatic heterocycles. The second kappa shape index (κ2) is 8.51. The van der Waals surface area contributed by atoms with Gasteiger partial charge in [0.25, 0.3) is 0 Å². The molecule has 1 aliphatic rings. The first kappa shape index (κ1) is 21.9. The number of carbonyl (C=O) groups excluding carboxylic acids is 1. The average Bonchev–Trinajstić information content (AvgIpc) is 2.94. The SMILES string of the molecule is Cc1oc(NC(=O)CN2CCN(S(=O)(=O)c3c(F)cccc3F)CC2)c(C#N)c1C. The first-order valence-electron chi connectivity index (χ1n) is 9.11. The van der Waals surface area contributed by atoms with Crippen molar-refractivity contribution in [3.63, 3.8) is 0 Å². The lowest BCUT2D eigenvalue weighted by atomic mass is 10.2.